The first kappa shape index (κ1) is 18.9. The number of imide groups is 1. The maximum atomic E-state index is 12.7. The predicted octanol–water partition coefficient (Wildman–Crippen LogP) is 1.24. The Bertz CT molecular complexity index is 882. The molecule has 3 heterocycles. The van der Waals surface area contributed by atoms with Gasteiger partial charge in [0.05, 0.1) is 13.0 Å². The summed E-state index contributed by atoms with van der Waals surface area (Å²) < 4.78 is 0. The Morgan fingerprint density at radius 1 is 1.00 bits per heavy atom. The van der Waals surface area contributed by atoms with Crippen molar-refractivity contribution in [2.45, 2.75) is 19.0 Å². The maximum Gasteiger partial charge on any atom is 0.325 e. The van der Waals surface area contributed by atoms with E-state index < -0.39 is 12.1 Å². The highest BCUT2D eigenvalue weighted by atomic mass is 16.2. The van der Waals surface area contributed by atoms with Gasteiger partial charge in [-0.2, -0.15) is 0 Å². The first-order valence-electron chi connectivity index (χ1n) is 9.71. The lowest BCUT2D eigenvalue weighted by Gasteiger charge is -2.35. The van der Waals surface area contributed by atoms with Crippen molar-refractivity contribution in [3.8, 4) is 0 Å². The summed E-state index contributed by atoms with van der Waals surface area (Å²) in [6.45, 7) is 2.72. The van der Waals surface area contributed by atoms with E-state index in [0.717, 1.165) is 11.4 Å². The number of nitrogens with one attached hydrogen (secondary N) is 1. The summed E-state index contributed by atoms with van der Waals surface area (Å²) in [6, 6.07) is 13.8. The number of benzene rings is 1. The van der Waals surface area contributed by atoms with E-state index in [1.807, 2.05) is 48.5 Å². The van der Waals surface area contributed by atoms with E-state index in [1.54, 1.807) is 11.1 Å². The lowest BCUT2D eigenvalue weighted by molar-refractivity contribution is -0.136. The van der Waals surface area contributed by atoms with Gasteiger partial charge in [-0.25, -0.2) is 9.78 Å². The lowest BCUT2D eigenvalue weighted by atomic mass is 10.1. The number of urea groups is 1. The van der Waals surface area contributed by atoms with Crippen LogP contribution in [0.3, 0.4) is 0 Å². The van der Waals surface area contributed by atoms with E-state index in [0.29, 0.717) is 26.2 Å². The molecule has 2 aromatic rings. The molecule has 2 fully saturated rings. The average Bonchev–Trinajstić information content (AvgIpc) is 3.02. The number of amides is 4. The lowest BCUT2D eigenvalue weighted by Crippen LogP contribution is -2.50. The number of hydrogen-bond acceptors (Lipinski definition) is 5. The van der Waals surface area contributed by atoms with Gasteiger partial charge in [0.2, 0.25) is 5.91 Å². The van der Waals surface area contributed by atoms with Gasteiger partial charge in [-0.15, -0.1) is 0 Å². The first-order valence-corrected chi connectivity index (χ1v) is 9.71. The van der Waals surface area contributed by atoms with Crippen molar-refractivity contribution in [1.82, 2.24) is 20.1 Å². The molecule has 2 aliphatic rings. The molecule has 29 heavy (non-hydrogen) atoms. The van der Waals surface area contributed by atoms with Gasteiger partial charge in [0, 0.05) is 32.4 Å². The van der Waals surface area contributed by atoms with Crippen LogP contribution >= 0.6 is 0 Å². The molecule has 1 N–H and O–H groups in total. The minimum Gasteiger partial charge on any atom is -0.353 e. The second kappa shape index (κ2) is 8.30. The molecule has 0 spiro atoms. The fourth-order valence-electron chi connectivity index (χ4n) is 3.66. The topological polar surface area (TPSA) is 85.8 Å². The quantitative estimate of drug-likeness (QED) is 0.773. The molecule has 1 atom stereocenters. The largest absolute Gasteiger partial charge is 0.353 e. The monoisotopic (exact) mass is 393 g/mol. The van der Waals surface area contributed by atoms with Gasteiger partial charge < -0.3 is 15.1 Å². The highest BCUT2D eigenvalue weighted by Gasteiger charge is 2.39. The number of hydrogen-bond donors (Lipinski definition) is 1. The van der Waals surface area contributed by atoms with Crippen LogP contribution < -0.4 is 10.2 Å². The van der Waals surface area contributed by atoms with Crippen molar-refractivity contribution in [2.24, 2.45) is 0 Å². The van der Waals surface area contributed by atoms with Crippen molar-refractivity contribution >= 4 is 23.7 Å². The third-order valence-corrected chi connectivity index (χ3v) is 5.27. The van der Waals surface area contributed by atoms with E-state index in [2.05, 4.69) is 15.2 Å². The molecule has 4 amide bonds. The molecule has 2 saturated heterocycles. The van der Waals surface area contributed by atoms with Crippen LogP contribution in [0.15, 0.2) is 54.7 Å². The zero-order valence-electron chi connectivity index (χ0n) is 16.0. The van der Waals surface area contributed by atoms with E-state index >= 15 is 0 Å². The number of piperazine rings is 1. The van der Waals surface area contributed by atoms with Crippen LogP contribution in [0.4, 0.5) is 10.6 Å². The van der Waals surface area contributed by atoms with E-state index in [4.69, 9.17) is 0 Å². The van der Waals surface area contributed by atoms with Crippen molar-refractivity contribution in [3.05, 3.63) is 60.3 Å². The van der Waals surface area contributed by atoms with Crippen LogP contribution in [-0.4, -0.2) is 64.9 Å². The van der Waals surface area contributed by atoms with Crippen LogP contribution in [0.25, 0.3) is 0 Å². The van der Waals surface area contributed by atoms with Gasteiger partial charge in [0.1, 0.15) is 11.9 Å². The minimum atomic E-state index is -0.799. The number of carbonyl (C=O) groups is 3. The molecule has 0 unspecified atom stereocenters. The number of anilines is 1. The first-order chi connectivity index (χ1) is 14.1. The van der Waals surface area contributed by atoms with E-state index in [-0.39, 0.29) is 24.8 Å². The Balaban J connectivity index is 1.31. The van der Waals surface area contributed by atoms with Gasteiger partial charge >= 0.3 is 6.03 Å². The highest BCUT2D eigenvalue weighted by molar-refractivity contribution is 6.05. The van der Waals surface area contributed by atoms with Gasteiger partial charge in [-0.1, -0.05) is 36.4 Å². The summed E-state index contributed by atoms with van der Waals surface area (Å²) in [4.78, 5) is 46.9. The molecule has 0 radical (unpaired) electrons. The third-order valence-electron chi connectivity index (χ3n) is 5.27. The van der Waals surface area contributed by atoms with Crippen LogP contribution in [0.5, 0.6) is 0 Å². The normalized spacial score (nSPS) is 19.4. The summed E-state index contributed by atoms with van der Waals surface area (Å²) in [5.74, 6) is 0.430. The molecule has 0 aliphatic carbocycles. The van der Waals surface area contributed by atoms with Gasteiger partial charge in [-0.05, 0) is 17.7 Å². The van der Waals surface area contributed by atoms with Gasteiger partial charge in [-0.3, -0.25) is 14.5 Å². The van der Waals surface area contributed by atoms with Crippen molar-refractivity contribution in [3.63, 3.8) is 0 Å². The van der Waals surface area contributed by atoms with E-state index in [1.165, 1.54) is 4.90 Å². The van der Waals surface area contributed by atoms with Crippen LogP contribution in [-0.2, 0) is 16.1 Å². The average molecular weight is 393 g/mol. The number of nitrogens with zero attached hydrogens (tertiary/aromatic N) is 4. The Morgan fingerprint density at radius 2 is 1.72 bits per heavy atom. The molecule has 1 aromatic carbocycles. The zero-order valence-corrected chi connectivity index (χ0v) is 16.0. The van der Waals surface area contributed by atoms with E-state index in [9.17, 15) is 14.4 Å². The maximum absolute atomic E-state index is 12.7. The summed E-state index contributed by atoms with van der Waals surface area (Å²) in [7, 11) is 0. The summed E-state index contributed by atoms with van der Waals surface area (Å²) in [5, 5.41) is 2.65. The van der Waals surface area contributed by atoms with Crippen LogP contribution in [0, 0.1) is 0 Å². The predicted molar refractivity (Wildman–Crippen MR) is 107 cm³/mol. The van der Waals surface area contributed by atoms with Crippen LogP contribution in [0.2, 0.25) is 0 Å². The molecule has 8 heteroatoms. The molecular weight excluding hydrogens is 370 g/mol. The number of carbonyl (C=O) groups excluding carboxylic acids is 3. The molecule has 150 valence electrons. The van der Waals surface area contributed by atoms with Crippen LogP contribution in [0.1, 0.15) is 12.0 Å². The number of pyridine rings is 1. The smallest absolute Gasteiger partial charge is 0.325 e. The summed E-state index contributed by atoms with van der Waals surface area (Å²) >= 11 is 0. The molecule has 2 aliphatic heterocycles. The number of rotatable bonds is 5. The fraction of sp³-hybridized carbons (Fsp3) is 0.333. The Labute approximate surface area is 169 Å². The molecule has 8 nitrogen and oxygen atoms in total. The molecule has 4 rings (SSSR count). The summed E-state index contributed by atoms with van der Waals surface area (Å²) in [5.41, 5.74) is 0.869. The molecular formula is C21H23N5O3. The van der Waals surface area contributed by atoms with Crippen molar-refractivity contribution < 1.29 is 14.4 Å². The molecule has 1 aromatic heterocycles. The zero-order chi connectivity index (χ0) is 20.2. The highest BCUT2D eigenvalue weighted by Crippen LogP contribution is 2.17. The Hall–Kier alpha value is -3.42. The van der Waals surface area contributed by atoms with Crippen molar-refractivity contribution in [2.75, 3.05) is 31.1 Å². The van der Waals surface area contributed by atoms with Gasteiger partial charge in [0.25, 0.3) is 5.91 Å². The molecule has 0 bridgehead atoms. The third kappa shape index (κ3) is 4.21. The van der Waals surface area contributed by atoms with Gasteiger partial charge in [0.15, 0.2) is 0 Å². The standard InChI is InChI=1S/C21H23N5O3/c27-19(25-12-10-24(11-13-25)18-8-4-5-9-22-18)14-17-20(28)26(21(29)23-17)15-16-6-2-1-3-7-16/h1-9,17H,10-15H2,(H,23,29)/t17-/m0/s1. The molecule has 0 saturated carbocycles. The second-order valence-electron chi connectivity index (χ2n) is 7.17. The fourth-order valence-corrected chi connectivity index (χ4v) is 3.66. The SMILES string of the molecule is O=C(C[C@@H]1NC(=O)N(Cc2ccccc2)C1=O)N1CCN(c2ccccn2)CC1. The minimum absolute atomic E-state index is 0.0144. The summed E-state index contributed by atoms with van der Waals surface area (Å²) in [6.07, 6.45) is 1.74. The Kier molecular flexibility index (Phi) is 5.41. The Morgan fingerprint density at radius 3 is 2.41 bits per heavy atom. The van der Waals surface area contributed by atoms with Crippen molar-refractivity contribution in [1.29, 1.82) is 0 Å². The number of aromatic nitrogens is 1. The second-order valence-corrected chi connectivity index (χ2v) is 7.17.